The highest BCUT2D eigenvalue weighted by atomic mass is 16.4. The number of nitrogens with zero attached hydrogens (tertiary/aromatic N) is 1. The van der Waals surface area contributed by atoms with Crippen LogP contribution >= 0.6 is 0 Å². The summed E-state index contributed by atoms with van der Waals surface area (Å²) in [5.41, 5.74) is -0.0692. The van der Waals surface area contributed by atoms with E-state index in [1.807, 2.05) is 30.3 Å². The molecule has 1 unspecified atom stereocenters. The highest BCUT2D eigenvalue weighted by Crippen LogP contribution is 2.31. The number of benzene rings is 1. The zero-order valence-corrected chi connectivity index (χ0v) is 14.6. The molecule has 1 aromatic rings. The Morgan fingerprint density at radius 2 is 1.80 bits per heavy atom. The fraction of sp³-hybridized carbons (Fsp3) is 0.500. The summed E-state index contributed by atoms with van der Waals surface area (Å²) in [5.74, 6) is -1.42. The van der Waals surface area contributed by atoms with Gasteiger partial charge in [-0.3, -0.25) is 4.79 Å². The molecule has 2 rings (SSSR count). The summed E-state index contributed by atoms with van der Waals surface area (Å²) >= 11 is 0. The van der Waals surface area contributed by atoms with Crippen LogP contribution in [0.5, 0.6) is 0 Å². The molecule has 25 heavy (non-hydrogen) atoms. The van der Waals surface area contributed by atoms with Crippen LogP contribution in [0.1, 0.15) is 38.2 Å². The number of carbonyl (C=O) groups excluding carboxylic acids is 2. The second-order valence-electron chi connectivity index (χ2n) is 6.51. The molecular formula is C18H25N3O4. The van der Waals surface area contributed by atoms with Crippen LogP contribution in [0.3, 0.4) is 0 Å². The molecule has 0 heterocycles. The van der Waals surface area contributed by atoms with E-state index in [4.69, 9.17) is 5.11 Å². The van der Waals surface area contributed by atoms with Crippen LogP contribution in [0.4, 0.5) is 4.79 Å². The summed E-state index contributed by atoms with van der Waals surface area (Å²) in [6.07, 6.45) is 2.67. The predicted molar refractivity (Wildman–Crippen MR) is 92.9 cm³/mol. The lowest BCUT2D eigenvalue weighted by atomic mass is 9.95. The Hall–Kier alpha value is -2.57. The van der Waals surface area contributed by atoms with E-state index >= 15 is 0 Å². The highest BCUT2D eigenvalue weighted by Gasteiger charge is 2.45. The molecule has 0 aliphatic heterocycles. The Balaban J connectivity index is 2.02. The molecule has 0 bridgehead atoms. The van der Waals surface area contributed by atoms with Gasteiger partial charge >= 0.3 is 12.0 Å². The van der Waals surface area contributed by atoms with Crippen LogP contribution < -0.4 is 10.6 Å². The number of hydrogen-bond acceptors (Lipinski definition) is 3. The first kappa shape index (κ1) is 18.8. The quantitative estimate of drug-likeness (QED) is 0.730. The van der Waals surface area contributed by atoms with E-state index in [0.717, 1.165) is 18.4 Å². The molecule has 1 saturated carbocycles. The Morgan fingerprint density at radius 1 is 1.20 bits per heavy atom. The van der Waals surface area contributed by atoms with Crippen LogP contribution in [0, 0.1) is 0 Å². The average Bonchev–Trinajstić information content (AvgIpc) is 3.08. The smallest absolute Gasteiger partial charge is 0.326 e. The number of hydrogen-bond donors (Lipinski definition) is 3. The van der Waals surface area contributed by atoms with Crippen molar-refractivity contribution in [3.8, 4) is 0 Å². The van der Waals surface area contributed by atoms with E-state index in [2.05, 4.69) is 10.6 Å². The van der Waals surface area contributed by atoms with Crippen LogP contribution in [-0.4, -0.2) is 46.5 Å². The van der Waals surface area contributed by atoms with Crippen molar-refractivity contribution in [1.82, 2.24) is 15.5 Å². The molecule has 7 nitrogen and oxygen atoms in total. The van der Waals surface area contributed by atoms with Gasteiger partial charge in [0.2, 0.25) is 5.91 Å². The van der Waals surface area contributed by atoms with E-state index in [1.165, 1.54) is 18.9 Å². The van der Waals surface area contributed by atoms with Gasteiger partial charge in [-0.15, -0.1) is 0 Å². The first-order valence-electron chi connectivity index (χ1n) is 8.46. The molecule has 1 aromatic carbocycles. The maximum absolute atomic E-state index is 12.8. The average molecular weight is 347 g/mol. The molecule has 7 heteroatoms. The summed E-state index contributed by atoms with van der Waals surface area (Å²) in [6.45, 7) is 1.82. The zero-order chi connectivity index (χ0) is 18.4. The molecule has 0 radical (unpaired) electrons. The van der Waals surface area contributed by atoms with Crippen molar-refractivity contribution < 1.29 is 19.5 Å². The predicted octanol–water partition coefficient (Wildman–Crippen LogP) is 1.73. The monoisotopic (exact) mass is 347 g/mol. The van der Waals surface area contributed by atoms with Gasteiger partial charge in [0.05, 0.1) is 0 Å². The van der Waals surface area contributed by atoms with Crippen molar-refractivity contribution in [2.75, 3.05) is 7.05 Å². The van der Waals surface area contributed by atoms with Crippen molar-refractivity contribution in [3.63, 3.8) is 0 Å². The van der Waals surface area contributed by atoms with Gasteiger partial charge in [0.25, 0.3) is 0 Å². The lowest BCUT2D eigenvalue weighted by Gasteiger charge is -2.34. The number of carboxylic acids is 1. The fourth-order valence-corrected chi connectivity index (χ4v) is 3.09. The van der Waals surface area contributed by atoms with Gasteiger partial charge in [-0.2, -0.15) is 0 Å². The molecule has 1 fully saturated rings. The minimum absolute atomic E-state index is 0.352. The molecular weight excluding hydrogens is 322 g/mol. The van der Waals surface area contributed by atoms with Gasteiger partial charge in [0, 0.05) is 13.6 Å². The van der Waals surface area contributed by atoms with Crippen LogP contribution in [0.2, 0.25) is 0 Å². The van der Waals surface area contributed by atoms with Gasteiger partial charge in [-0.05, 0) is 25.3 Å². The SMILES string of the molecule is CC(C(=O)O)N(C)C(=O)C1(NC(=O)NCc2ccccc2)CCCC1. The number of nitrogens with one attached hydrogen (secondary N) is 2. The van der Waals surface area contributed by atoms with Crippen LogP contribution in [0.15, 0.2) is 30.3 Å². The third-order valence-electron chi connectivity index (χ3n) is 4.77. The van der Waals surface area contributed by atoms with Gasteiger partial charge in [0.15, 0.2) is 0 Å². The standard InChI is InChI=1S/C18H25N3O4/c1-13(15(22)23)21(2)16(24)18(10-6-7-11-18)20-17(25)19-12-14-8-4-3-5-9-14/h3-5,8-9,13H,6-7,10-12H2,1-2H3,(H,22,23)(H2,19,20,25). The molecule has 0 spiro atoms. The largest absolute Gasteiger partial charge is 0.480 e. The third kappa shape index (κ3) is 4.49. The Morgan fingerprint density at radius 3 is 2.36 bits per heavy atom. The van der Waals surface area contributed by atoms with Crippen molar-refractivity contribution >= 4 is 17.9 Å². The molecule has 0 saturated heterocycles. The van der Waals surface area contributed by atoms with Crippen molar-refractivity contribution in [3.05, 3.63) is 35.9 Å². The highest BCUT2D eigenvalue weighted by molar-refractivity contribution is 5.93. The second kappa shape index (κ2) is 8.00. The Kier molecular flexibility index (Phi) is 6.01. The number of carboxylic acid groups (broad SMARTS) is 1. The van der Waals surface area contributed by atoms with Gasteiger partial charge in [-0.25, -0.2) is 9.59 Å². The fourth-order valence-electron chi connectivity index (χ4n) is 3.09. The summed E-state index contributed by atoms with van der Waals surface area (Å²) < 4.78 is 0. The van der Waals surface area contributed by atoms with Crippen molar-refractivity contribution in [2.24, 2.45) is 0 Å². The normalized spacial score (nSPS) is 16.7. The topological polar surface area (TPSA) is 98.7 Å². The Labute approximate surface area is 147 Å². The molecule has 1 aliphatic carbocycles. The van der Waals surface area contributed by atoms with Gasteiger partial charge in [0.1, 0.15) is 11.6 Å². The van der Waals surface area contributed by atoms with Crippen molar-refractivity contribution in [1.29, 1.82) is 0 Å². The van der Waals surface area contributed by atoms with Crippen LogP contribution in [0.25, 0.3) is 0 Å². The summed E-state index contributed by atoms with van der Waals surface area (Å²) in [7, 11) is 1.46. The number of amides is 3. The molecule has 1 atom stereocenters. The first-order valence-corrected chi connectivity index (χ1v) is 8.46. The van der Waals surface area contributed by atoms with E-state index < -0.39 is 23.6 Å². The van der Waals surface area contributed by atoms with Gasteiger partial charge < -0.3 is 20.6 Å². The molecule has 136 valence electrons. The first-order chi connectivity index (χ1) is 11.9. The Bertz CT molecular complexity index is 626. The number of rotatable bonds is 6. The van der Waals surface area contributed by atoms with Crippen molar-refractivity contribution in [2.45, 2.75) is 50.7 Å². The van der Waals surface area contributed by atoms with Gasteiger partial charge in [-0.1, -0.05) is 43.2 Å². The lowest BCUT2D eigenvalue weighted by molar-refractivity contribution is -0.150. The molecule has 1 aliphatic rings. The zero-order valence-electron chi connectivity index (χ0n) is 14.6. The second-order valence-corrected chi connectivity index (χ2v) is 6.51. The minimum atomic E-state index is -1.07. The molecule has 0 aromatic heterocycles. The van der Waals surface area contributed by atoms with E-state index in [1.54, 1.807) is 0 Å². The summed E-state index contributed by atoms with van der Waals surface area (Å²) in [6, 6.07) is 8.11. The third-order valence-corrected chi connectivity index (χ3v) is 4.77. The maximum atomic E-state index is 12.8. The lowest BCUT2D eigenvalue weighted by Crippen LogP contribution is -2.61. The van der Waals surface area contributed by atoms with E-state index in [9.17, 15) is 14.4 Å². The number of urea groups is 1. The maximum Gasteiger partial charge on any atom is 0.326 e. The number of aliphatic carboxylic acids is 1. The number of likely N-dealkylation sites (N-methyl/N-ethyl adjacent to an activating group) is 1. The van der Waals surface area contributed by atoms with Crippen LogP contribution in [-0.2, 0) is 16.1 Å². The van der Waals surface area contributed by atoms with E-state index in [0.29, 0.717) is 19.4 Å². The number of carbonyl (C=O) groups is 3. The van der Waals surface area contributed by atoms with E-state index in [-0.39, 0.29) is 5.91 Å². The molecule has 3 amide bonds. The summed E-state index contributed by atoms with van der Waals surface area (Å²) in [5, 5.41) is 14.7. The minimum Gasteiger partial charge on any atom is -0.480 e. The summed E-state index contributed by atoms with van der Waals surface area (Å²) in [4.78, 5) is 37.5. The molecule has 3 N–H and O–H groups in total.